The number of carbonyl (C=O) groups excluding carboxylic acids is 2. The van der Waals surface area contributed by atoms with Gasteiger partial charge in [-0.3, -0.25) is 4.79 Å². The zero-order valence-electron chi connectivity index (χ0n) is 19.4. The number of aryl methyl sites for hydroxylation is 1. The monoisotopic (exact) mass is 528 g/mol. The van der Waals surface area contributed by atoms with E-state index in [0.29, 0.717) is 32.9 Å². The molecule has 0 spiro atoms. The van der Waals surface area contributed by atoms with E-state index >= 15 is 0 Å². The molecule has 0 unspecified atom stereocenters. The van der Waals surface area contributed by atoms with Crippen LogP contribution in [-0.2, 0) is 14.3 Å². The fourth-order valence-corrected chi connectivity index (χ4v) is 3.66. The van der Waals surface area contributed by atoms with Gasteiger partial charge in [0.15, 0.2) is 6.61 Å². The quantitative estimate of drug-likeness (QED) is 0.294. The summed E-state index contributed by atoms with van der Waals surface area (Å²) in [5.74, 6) is 0.845. The average Bonchev–Trinajstić information content (AvgIpc) is 3.28. The number of hydrogen-bond acceptors (Lipinski definition) is 7. The van der Waals surface area contributed by atoms with Crippen LogP contribution >= 0.6 is 23.2 Å². The number of halogens is 2. The Labute approximate surface area is 217 Å². The third-order valence-corrected chi connectivity index (χ3v) is 5.55. The molecule has 1 amide bonds. The Morgan fingerprint density at radius 2 is 1.61 bits per heavy atom. The first-order valence-electron chi connectivity index (χ1n) is 10.9. The maximum atomic E-state index is 12.2. The number of hydrazone groups is 1. The summed E-state index contributed by atoms with van der Waals surface area (Å²) in [6.45, 7) is 3.03. The Kier molecular flexibility index (Phi) is 7.97. The first-order chi connectivity index (χ1) is 17.3. The van der Waals surface area contributed by atoms with Crippen molar-refractivity contribution in [3.8, 4) is 17.2 Å². The lowest BCUT2D eigenvalue weighted by molar-refractivity contribution is -0.137. The number of amides is 1. The van der Waals surface area contributed by atoms with Crippen LogP contribution in [0.3, 0.4) is 0 Å². The van der Waals surface area contributed by atoms with Crippen LogP contribution in [0, 0.1) is 6.92 Å². The number of nitrogens with zero attached hydrogens (tertiary/aromatic N) is 2. The Hall–Kier alpha value is -3.75. The highest BCUT2D eigenvalue weighted by atomic mass is 35.5. The second-order valence-electron chi connectivity index (χ2n) is 7.80. The van der Waals surface area contributed by atoms with E-state index in [-0.39, 0.29) is 25.0 Å². The van der Waals surface area contributed by atoms with Gasteiger partial charge in [0.2, 0.25) is 18.0 Å². The lowest BCUT2D eigenvalue weighted by Gasteiger charge is -2.19. The van der Waals surface area contributed by atoms with E-state index in [1.54, 1.807) is 66.7 Å². The van der Waals surface area contributed by atoms with Gasteiger partial charge in [0.1, 0.15) is 23.9 Å². The van der Waals surface area contributed by atoms with E-state index in [1.807, 2.05) is 6.92 Å². The van der Waals surface area contributed by atoms with Crippen molar-refractivity contribution in [1.29, 1.82) is 0 Å². The van der Waals surface area contributed by atoms with Gasteiger partial charge in [-0.05, 0) is 79.2 Å². The van der Waals surface area contributed by atoms with E-state index in [1.165, 1.54) is 11.9 Å². The van der Waals surface area contributed by atoms with Crippen molar-refractivity contribution < 1.29 is 28.5 Å². The summed E-state index contributed by atoms with van der Waals surface area (Å²) in [5, 5.41) is 6.67. The Bertz CT molecular complexity index is 1280. The number of carbonyl (C=O) groups is 2. The van der Waals surface area contributed by atoms with E-state index < -0.39 is 12.2 Å². The highest BCUT2D eigenvalue weighted by Crippen LogP contribution is 2.23. The first-order valence-corrected chi connectivity index (χ1v) is 11.7. The SMILES string of the molecule is CC(=O)N1N=C(c2ccc(OC(=O)COc3ccc(Cl)cc3C)cc2)O[C@H]1COc1ccc(Cl)cc1. The molecule has 1 atom stereocenters. The third-order valence-electron chi connectivity index (χ3n) is 5.06. The van der Waals surface area contributed by atoms with Crippen LogP contribution in [0.5, 0.6) is 17.2 Å². The zero-order valence-corrected chi connectivity index (χ0v) is 21.0. The molecule has 3 aromatic carbocycles. The Balaban J connectivity index is 1.33. The molecule has 3 aromatic rings. The zero-order chi connectivity index (χ0) is 25.7. The van der Waals surface area contributed by atoms with E-state index in [4.69, 9.17) is 42.1 Å². The van der Waals surface area contributed by atoms with Gasteiger partial charge in [-0.1, -0.05) is 23.2 Å². The van der Waals surface area contributed by atoms with Crippen molar-refractivity contribution in [2.24, 2.45) is 5.10 Å². The van der Waals surface area contributed by atoms with Crippen LogP contribution in [-0.4, -0.2) is 42.2 Å². The summed E-state index contributed by atoms with van der Waals surface area (Å²) >= 11 is 11.8. The molecular formula is C26H22Cl2N2O6. The maximum Gasteiger partial charge on any atom is 0.349 e. The summed E-state index contributed by atoms with van der Waals surface area (Å²) in [6.07, 6.45) is -0.737. The molecule has 8 nitrogen and oxygen atoms in total. The Morgan fingerprint density at radius 3 is 2.28 bits per heavy atom. The van der Waals surface area contributed by atoms with Gasteiger partial charge in [0, 0.05) is 22.5 Å². The summed E-state index contributed by atoms with van der Waals surface area (Å²) < 4.78 is 22.4. The van der Waals surface area contributed by atoms with Gasteiger partial charge in [-0.25, -0.2) is 4.79 Å². The van der Waals surface area contributed by atoms with Crippen molar-refractivity contribution in [1.82, 2.24) is 5.01 Å². The minimum absolute atomic E-state index is 0.0665. The standard InChI is InChI=1S/C26H22Cl2N2O6/c1-16-13-20(28)7-12-23(16)34-15-25(32)35-22-8-3-18(4-9-22)26-29-30(17(2)31)24(36-26)14-33-21-10-5-19(27)6-11-21/h3-13,24H,14-15H2,1-2H3/t24-/m0/s1. The predicted octanol–water partition coefficient (Wildman–Crippen LogP) is 5.23. The van der Waals surface area contributed by atoms with Gasteiger partial charge in [-0.2, -0.15) is 5.01 Å². The fourth-order valence-electron chi connectivity index (χ4n) is 3.30. The minimum atomic E-state index is -0.737. The number of benzene rings is 3. The van der Waals surface area contributed by atoms with Gasteiger partial charge < -0.3 is 18.9 Å². The molecule has 1 heterocycles. The van der Waals surface area contributed by atoms with Gasteiger partial charge in [0.25, 0.3) is 0 Å². The van der Waals surface area contributed by atoms with Crippen LogP contribution in [0.1, 0.15) is 18.1 Å². The van der Waals surface area contributed by atoms with Crippen LogP contribution in [0.15, 0.2) is 71.8 Å². The molecule has 10 heteroatoms. The molecule has 0 saturated heterocycles. The van der Waals surface area contributed by atoms with Crippen molar-refractivity contribution >= 4 is 41.0 Å². The molecule has 186 valence electrons. The molecule has 4 rings (SSSR count). The largest absolute Gasteiger partial charge is 0.488 e. The maximum absolute atomic E-state index is 12.2. The topological polar surface area (TPSA) is 86.7 Å². The average molecular weight is 529 g/mol. The summed E-state index contributed by atoms with van der Waals surface area (Å²) in [5.41, 5.74) is 1.41. The van der Waals surface area contributed by atoms with Crippen LogP contribution in [0.25, 0.3) is 0 Å². The van der Waals surface area contributed by atoms with Gasteiger partial charge in [0.05, 0.1) is 0 Å². The predicted molar refractivity (Wildman–Crippen MR) is 135 cm³/mol. The molecule has 36 heavy (non-hydrogen) atoms. The highest BCUT2D eigenvalue weighted by Gasteiger charge is 2.32. The molecular weight excluding hydrogens is 507 g/mol. The van der Waals surface area contributed by atoms with Crippen LogP contribution in [0.2, 0.25) is 10.0 Å². The molecule has 1 aliphatic heterocycles. The second kappa shape index (κ2) is 11.3. The molecule has 0 aliphatic carbocycles. The van der Waals surface area contributed by atoms with E-state index in [0.717, 1.165) is 5.56 Å². The summed E-state index contributed by atoms with van der Waals surface area (Å²) in [6, 6.07) is 18.5. The number of esters is 1. The molecule has 1 aliphatic rings. The summed E-state index contributed by atoms with van der Waals surface area (Å²) in [4.78, 5) is 24.2. The van der Waals surface area contributed by atoms with Crippen LogP contribution < -0.4 is 14.2 Å². The Morgan fingerprint density at radius 1 is 0.944 bits per heavy atom. The van der Waals surface area contributed by atoms with Crippen LogP contribution in [0.4, 0.5) is 0 Å². The lowest BCUT2D eigenvalue weighted by Crippen LogP contribution is -2.36. The molecule has 0 bridgehead atoms. The lowest BCUT2D eigenvalue weighted by atomic mass is 10.2. The number of ether oxygens (including phenoxy) is 4. The van der Waals surface area contributed by atoms with Gasteiger partial charge >= 0.3 is 5.97 Å². The van der Waals surface area contributed by atoms with Gasteiger partial charge in [-0.15, -0.1) is 5.10 Å². The second-order valence-corrected chi connectivity index (χ2v) is 8.68. The summed E-state index contributed by atoms with van der Waals surface area (Å²) in [7, 11) is 0. The normalized spacial score (nSPS) is 14.6. The number of rotatable bonds is 8. The minimum Gasteiger partial charge on any atom is -0.488 e. The van der Waals surface area contributed by atoms with Crippen molar-refractivity contribution in [2.45, 2.75) is 20.1 Å². The molecule has 0 fully saturated rings. The van der Waals surface area contributed by atoms with Crippen molar-refractivity contribution in [3.05, 3.63) is 87.9 Å². The highest BCUT2D eigenvalue weighted by molar-refractivity contribution is 6.30. The third kappa shape index (κ3) is 6.47. The van der Waals surface area contributed by atoms with E-state index in [2.05, 4.69) is 5.10 Å². The van der Waals surface area contributed by atoms with Crippen molar-refractivity contribution in [3.63, 3.8) is 0 Å². The smallest absolute Gasteiger partial charge is 0.349 e. The molecule has 0 aromatic heterocycles. The molecule has 0 radical (unpaired) electrons. The van der Waals surface area contributed by atoms with E-state index in [9.17, 15) is 9.59 Å². The number of hydrogen-bond donors (Lipinski definition) is 0. The molecule has 0 N–H and O–H groups in total. The van der Waals surface area contributed by atoms with Crippen molar-refractivity contribution in [2.75, 3.05) is 13.2 Å². The fraction of sp³-hybridized carbons (Fsp3) is 0.192. The molecule has 0 saturated carbocycles. The first kappa shape index (κ1) is 25.3.